The largest absolute Gasteiger partial charge is 0.299 e. The monoisotopic (exact) mass is 408 g/mol. The van der Waals surface area contributed by atoms with E-state index in [0.717, 1.165) is 49.2 Å². The quantitative estimate of drug-likeness (QED) is 0.709. The summed E-state index contributed by atoms with van der Waals surface area (Å²) in [6.07, 6.45) is 1.54. The van der Waals surface area contributed by atoms with Gasteiger partial charge in [-0.05, 0) is 43.4 Å². The van der Waals surface area contributed by atoms with E-state index in [2.05, 4.69) is 17.0 Å². The molecule has 0 unspecified atom stereocenters. The number of carbonyl (C=O) groups is 2. The Morgan fingerprint density at radius 3 is 2.31 bits per heavy atom. The van der Waals surface area contributed by atoms with Crippen molar-refractivity contribution in [1.82, 2.24) is 9.80 Å². The maximum absolute atomic E-state index is 13.2. The summed E-state index contributed by atoms with van der Waals surface area (Å²) in [5, 5.41) is 0.0497. The van der Waals surface area contributed by atoms with Gasteiger partial charge in [0.2, 0.25) is 0 Å². The molecule has 2 aliphatic heterocycles. The van der Waals surface area contributed by atoms with E-state index in [1.54, 1.807) is 0 Å². The van der Waals surface area contributed by atoms with Crippen molar-refractivity contribution in [2.45, 2.75) is 39.3 Å². The smallest absolute Gasteiger partial charge is 0.273 e. The summed E-state index contributed by atoms with van der Waals surface area (Å²) in [7, 11) is 0. The number of carbonyl (C=O) groups excluding carboxylic acids is 2. The molecule has 2 aromatic carbocycles. The van der Waals surface area contributed by atoms with Crippen LogP contribution < -0.4 is 0 Å². The van der Waals surface area contributed by atoms with E-state index in [9.17, 15) is 9.59 Å². The molecule has 5 heteroatoms. The van der Waals surface area contributed by atoms with Gasteiger partial charge in [-0.15, -0.1) is 0 Å². The van der Waals surface area contributed by atoms with Crippen LogP contribution in [0, 0.1) is 13.8 Å². The predicted octanol–water partition coefficient (Wildman–Crippen LogP) is 4.29. The van der Waals surface area contributed by atoms with Gasteiger partial charge in [-0.2, -0.15) is 0 Å². The Morgan fingerprint density at radius 2 is 1.66 bits per heavy atom. The minimum atomic E-state index is -0.354. The summed E-state index contributed by atoms with van der Waals surface area (Å²) >= 11 is 6.38. The summed E-state index contributed by atoms with van der Waals surface area (Å²) in [6, 6.07) is 16.1. The maximum Gasteiger partial charge on any atom is 0.273 e. The van der Waals surface area contributed by atoms with Crippen molar-refractivity contribution in [2.24, 2.45) is 0 Å². The lowest BCUT2D eigenvalue weighted by atomic mass is 9.98. The molecule has 0 bridgehead atoms. The van der Waals surface area contributed by atoms with Gasteiger partial charge in [-0.3, -0.25) is 19.4 Å². The van der Waals surface area contributed by atoms with E-state index in [-0.39, 0.29) is 22.9 Å². The summed E-state index contributed by atoms with van der Waals surface area (Å²) in [6.45, 7) is 6.55. The molecule has 4 rings (SSSR count). The molecule has 0 saturated carbocycles. The molecule has 0 radical (unpaired) electrons. The number of halogens is 1. The maximum atomic E-state index is 13.2. The number of piperidine rings is 1. The fourth-order valence-corrected chi connectivity index (χ4v) is 4.63. The number of hydrogen-bond acceptors (Lipinski definition) is 3. The molecule has 1 saturated heterocycles. The lowest BCUT2D eigenvalue weighted by molar-refractivity contribution is -0.140. The molecular formula is C24H25ClN2O2. The second-order valence-electron chi connectivity index (χ2n) is 7.98. The predicted molar refractivity (Wildman–Crippen MR) is 115 cm³/mol. The lowest BCUT2D eigenvalue weighted by Crippen LogP contribution is -2.47. The van der Waals surface area contributed by atoms with Crippen LogP contribution in [0.5, 0.6) is 0 Å². The van der Waals surface area contributed by atoms with Gasteiger partial charge in [-0.1, -0.05) is 65.7 Å². The summed E-state index contributed by atoms with van der Waals surface area (Å²) in [4.78, 5) is 29.8. The SMILES string of the molecule is Cc1ccc(C2=C(Cl)C(=O)N(C3CCN(Cc4ccccc4)CC3)C2=O)c(C)c1. The van der Waals surface area contributed by atoms with E-state index in [1.165, 1.54) is 10.5 Å². The summed E-state index contributed by atoms with van der Waals surface area (Å²) in [5.41, 5.74) is 4.45. The lowest BCUT2D eigenvalue weighted by Gasteiger charge is -2.36. The van der Waals surface area contributed by atoms with Gasteiger partial charge in [0.15, 0.2) is 0 Å². The Labute approximate surface area is 176 Å². The molecule has 2 amide bonds. The standard InChI is InChI=1S/C24H25ClN2O2/c1-16-8-9-20(17(2)14-16)21-22(25)24(29)27(23(21)28)19-10-12-26(13-11-19)15-18-6-4-3-5-7-18/h3-9,14,19H,10-13,15H2,1-2H3. The molecule has 0 atom stereocenters. The van der Waals surface area contributed by atoms with Crippen LogP contribution in [-0.2, 0) is 16.1 Å². The van der Waals surface area contributed by atoms with Crippen molar-refractivity contribution in [2.75, 3.05) is 13.1 Å². The van der Waals surface area contributed by atoms with E-state index in [0.29, 0.717) is 5.57 Å². The molecule has 0 N–H and O–H groups in total. The van der Waals surface area contributed by atoms with Crippen LogP contribution in [-0.4, -0.2) is 40.7 Å². The molecule has 2 aliphatic rings. The zero-order chi connectivity index (χ0) is 20.5. The number of likely N-dealkylation sites (tertiary alicyclic amines) is 1. The van der Waals surface area contributed by atoms with Gasteiger partial charge in [-0.25, -0.2) is 0 Å². The first kappa shape index (κ1) is 19.9. The van der Waals surface area contributed by atoms with Gasteiger partial charge in [0.25, 0.3) is 11.8 Å². The van der Waals surface area contributed by atoms with Crippen LogP contribution in [0.4, 0.5) is 0 Å². The molecule has 1 fully saturated rings. The van der Waals surface area contributed by atoms with Crippen LogP contribution in [0.25, 0.3) is 5.57 Å². The third-order valence-corrected chi connectivity index (χ3v) is 6.23. The minimum absolute atomic E-state index is 0.0497. The second kappa shape index (κ2) is 8.13. The highest BCUT2D eigenvalue weighted by Gasteiger charge is 2.43. The molecule has 2 aromatic rings. The fourth-order valence-electron chi connectivity index (χ4n) is 4.36. The first-order chi connectivity index (χ1) is 14.0. The Kier molecular flexibility index (Phi) is 5.57. The highest BCUT2D eigenvalue weighted by Crippen LogP contribution is 2.36. The molecule has 29 heavy (non-hydrogen) atoms. The fraction of sp³-hybridized carbons (Fsp3) is 0.333. The van der Waals surface area contributed by atoms with E-state index >= 15 is 0 Å². The van der Waals surface area contributed by atoms with Crippen molar-refractivity contribution in [3.8, 4) is 0 Å². The molecule has 0 aliphatic carbocycles. The number of nitrogens with zero attached hydrogens (tertiary/aromatic N) is 2. The van der Waals surface area contributed by atoms with Crippen molar-refractivity contribution < 1.29 is 9.59 Å². The third kappa shape index (κ3) is 3.87. The zero-order valence-corrected chi connectivity index (χ0v) is 17.6. The number of rotatable bonds is 4. The van der Waals surface area contributed by atoms with E-state index < -0.39 is 0 Å². The highest BCUT2D eigenvalue weighted by molar-refractivity contribution is 6.55. The van der Waals surface area contributed by atoms with Crippen molar-refractivity contribution in [3.05, 3.63) is 75.8 Å². The average molecular weight is 409 g/mol. The second-order valence-corrected chi connectivity index (χ2v) is 8.36. The van der Waals surface area contributed by atoms with Crippen LogP contribution >= 0.6 is 11.6 Å². The van der Waals surface area contributed by atoms with Gasteiger partial charge < -0.3 is 0 Å². The number of imide groups is 1. The molecule has 150 valence electrons. The van der Waals surface area contributed by atoms with Crippen molar-refractivity contribution >= 4 is 29.0 Å². The van der Waals surface area contributed by atoms with Crippen LogP contribution in [0.15, 0.2) is 53.6 Å². The topological polar surface area (TPSA) is 40.6 Å². The average Bonchev–Trinajstić information content (AvgIpc) is 2.93. The van der Waals surface area contributed by atoms with Crippen molar-refractivity contribution in [1.29, 1.82) is 0 Å². The molecule has 2 heterocycles. The number of amides is 2. The summed E-state index contributed by atoms with van der Waals surface area (Å²) < 4.78 is 0. The number of benzene rings is 2. The number of aryl methyl sites for hydroxylation is 2. The van der Waals surface area contributed by atoms with Crippen LogP contribution in [0.3, 0.4) is 0 Å². The molecule has 0 spiro atoms. The first-order valence-corrected chi connectivity index (χ1v) is 10.4. The van der Waals surface area contributed by atoms with Gasteiger partial charge >= 0.3 is 0 Å². The molecule has 0 aromatic heterocycles. The Balaban J connectivity index is 1.47. The van der Waals surface area contributed by atoms with Gasteiger partial charge in [0.05, 0.1) is 5.57 Å². The zero-order valence-electron chi connectivity index (χ0n) is 16.8. The van der Waals surface area contributed by atoms with Crippen molar-refractivity contribution in [3.63, 3.8) is 0 Å². The third-order valence-electron chi connectivity index (χ3n) is 5.88. The minimum Gasteiger partial charge on any atom is -0.299 e. The number of hydrogen-bond donors (Lipinski definition) is 0. The van der Waals surface area contributed by atoms with E-state index in [1.807, 2.05) is 50.2 Å². The normalized spacial score (nSPS) is 18.8. The Bertz CT molecular complexity index is 976. The van der Waals surface area contributed by atoms with Gasteiger partial charge in [0.1, 0.15) is 5.03 Å². The van der Waals surface area contributed by atoms with E-state index in [4.69, 9.17) is 11.6 Å². The molecule has 4 nitrogen and oxygen atoms in total. The summed E-state index contributed by atoms with van der Waals surface area (Å²) in [5.74, 6) is -0.610. The molecular weight excluding hydrogens is 384 g/mol. The highest BCUT2D eigenvalue weighted by atomic mass is 35.5. The Hall–Kier alpha value is -2.43. The van der Waals surface area contributed by atoms with Crippen LogP contribution in [0.1, 0.15) is 35.1 Å². The van der Waals surface area contributed by atoms with Gasteiger partial charge in [0, 0.05) is 25.7 Å². The first-order valence-electron chi connectivity index (χ1n) is 10.1. The Morgan fingerprint density at radius 1 is 0.966 bits per heavy atom. The van der Waals surface area contributed by atoms with Crippen LogP contribution in [0.2, 0.25) is 0 Å².